The van der Waals surface area contributed by atoms with Crippen molar-refractivity contribution < 1.29 is 14.4 Å². The van der Waals surface area contributed by atoms with Crippen molar-refractivity contribution in [1.29, 1.82) is 0 Å². The molecule has 1 fully saturated rings. The number of nitrogens with one attached hydrogen (secondary N) is 1. The summed E-state index contributed by atoms with van der Waals surface area (Å²) in [5.74, 6) is -0.592. The van der Waals surface area contributed by atoms with Gasteiger partial charge in [-0.2, -0.15) is 0 Å². The molecule has 0 radical (unpaired) electrons. The molecule has 1 N–H and O–H groups in total. The molecular weight excluding hydrogens is 243 g/mol. The molecule has 1 rings (SSSR count). The third-order valence-corrected chi connectivity index (χ3v) is 2.84. The van der Waals surface area contributed by atoms with Crippen LogP contribution in [0.4, 0.5) is 0 Å². The van der Waals surface area contributed by atoms with Gasteiger partial charge in [-0.15, -0.1) is 0 Å². The van der Waals surface area contributed by atoms with Crippen LogP contribution in [0.2, 0.25) is 13.6 Å². The van der Waals surface area contributed by atoms with Crippen LogP contribution >= 0.6 is 0 Å². The monoisotopic (exact) mass is 268 g/mol. The van der Waals surface area contributed by atoms with Crippen molar-refractivity contribution in [3.05, 3.63) is 0 Å². The first-order valence-electron chi connectivity index (χ1n) is 7.09. The van der Waals surface area contributed by atoms with Crippen LogP contribution in [0.15, 0.2) is 0 Å². The van der Waals surface area contributed by atoms with E-state index < -0.39 is 0 Å². The molecule has 19 heavy (non-hydrogen) atoms. The Kier molecular flexibility index (Phi) is 8.11. The van der Waals surface area contributed by atoms with Crippen LogP contribution in [0.1, 0.15) is 40.0 Å². The van der Waals surface area contributed by atoms with Crippen LogP contribution in [-0.2, 0) is 14.4 Å². The molecule has 6 heteroatoms. The Balaban J connectivity index is 0.00000154. The van der Waals surface area contributed by atoms with E-state index in [1.165, 1.54) is 4.90 Å². The van der Waals surface area contributed by atoms with Crippen LogP contribution in [-0.4, -0.2) is 36.0 Å². The van der Waals surface area contributed by atoms with Gasteiger partial charge in [0.25, 0.3) is 0 Å². The minimum Gasteiger partial charge on any atom is -0.399 e. The van der Waals surface area contributed by atoms with Crippen molar-refractivity contribution in [2.45, 2.75) is 53.7 Å². The maximum absolute atomic E-state index is 11.8. The van der Waals surface area contributed by atoms with E-state index in [1.54, 1.807) is 0 Å². The number of amides is 3. The number of imide groups is 1. The minimum absolute atomic E-state index is 0.0795. The van der Waals surface area contributed by atoms with Crippen LogP contribution in [0.5, 0.6) is 0 Å². The zero-order valence-corrected chi connectivity index (χ0v) is 12.7. The van der Waals surface area contributed by atoms with Gasteiger partial charge in [0.1, 0.15) is 0 Å². The van der Waals surface area contributed by atoms with Crippen molar-refractivity contribution in [1.82, 2.24) is 10.1 Å². The standard InChI is InChI=1S/C11H19BN2O3.C2H6/c1-4-8-7-10(16)14(11(8)17)6-5-9(15)13-12(2)3;1-2/h8H,4-7H2,1-3H3,(H,13,15);1-2H3. The van der Waals surface area contributed by atoms with Crippen molar-refractivity contribution in [3.8, 4) is 0 Å². The third-order valence-electron chi connectivity index (χ3n) is 2.84. The molecule has 5 nitrogen and oxygen atoms in total. The lowest BCUT2D eigenvalue weighted by molar-refractivity contribution is -0.139. The first-order valence-corrected chi connectivity index (χ1v) is 7.09. The second-order valence-corrected chi connectivity index (χ2v) is 4.67. The molecule has 1 unspecified atom stereocenters. The van der Waals surface area contributed by atoms with Gasteiger partial charge in [0.15, 0.2) is 0 Å². The molecule has 0 aromatic rings. The molecule has 0 aromatic carbocycles. The summed E-state index contributed by atoms with van der Waals surface area (Å²) in [5.41, 5.74) is 0. The molecule has 1 aliphatic rings. The molecule has 1 saturated heterocycles. The van der Waals surface area contributed by atoms with Crippen LogP contribution in [0.25, 0.3) is 0 Å². The van der Waals surface area contributed by atoms with E-state index in [9.17, 15) is 14.4 Å². The zero-order chi connectivity index (χ0) is 15.0. The van der Waals surface area contributed by atoms with Crippen molar-refractivity contribution in [2.24, 2.45) is 5.92 Å². The molecule has 0 aromatic heterocycles. The number of nitrogens with zero attached hydrogens (tertiary/aromatic N) is 1. The average molecular weight is 268 g/mol. The molecule has 1 aliphatic heterocycles. The fourth-order valence-electron chi connectivity index (χ4n) is 1.91. The van der Waals surface area contributed by atoms with Crippen LogP contribution in [0.3, 0.4) is 0 Å². The molecule has 1 atom stereocenters. The molecule has 108 valence electrons. The fraction of sp³-hybridized carbons (Fsp3) is 0.769. The first kappa shape index (κ1) is 17.7. The Bertz CT molecular complexity index is 332. The normalized spacial score (nSPS) is 17.9. The van der Waals surface area contributed by atoms with Crippen LogP contribution in [0, 0.1) is 5.92 Å². The Labute approximate surface area is 116 Å². The lowest BCUT2D eigenvalue weighted by Crippen LogP contribution is -2.38. The second kappa shape index (κ2) is 8.72. The van der Waals surface area contributed by atoms with E-state index in [4.69, 9.17) is 0 Å². The molecule has 1 heterocycles. The summed E-state index contributed by atoms with van der Waals surface area (Å²) in [7, 11) is 0. The highest BCUT2D eigenvalue weighted by Crippen LogP contribution is 2.22. The van der Waals surface area contributed by atoms with Crippen molar-refractivity contribution in [2.75, 3.05) is 6.54 Å². The highest BCUT2D eigenvalue weighted by molar-refractivity contribution is 6.56. The first-order chi connectivity index (χ1) is 8.95. The number of carbonyl (C=O) groups is 3. The molecule has 3 amide bonds. The van der Waals surface area contributed by atoms with Gasteiger partial charge in [-0.05, 0) is 6.42 Å². The Hall–Kier alpha value is -1.33. The minimum atomic E-state index is -0.185. The fourth-order valence-corrected chi connectivity index (χ4v) is 1.91. The molecule has 0 spiro atoms. The van der Waals surface area contributed by atoms with Gasteiger partial charge in [-0.25, -0.2) is 0 Å². The Morgan fingerprint density at radius 2 is 1.95 bits per heavy atom. The van der Waals surface area contributed by atoms with E-state index in [1.807, 2.05) is 34.4 Å². The smallest absolute Gasteiger partial charge is 0.248 e. The van der Waals surface area contributed by atoms with Gasteiger partial charge in [-0.1, -0.05) is 34.4 Å². The summed E-state index contributed by atoms with van der Waals surface area (Å²) >= 11 is 0. The Morgan fingerprint density at radius 3 is 2.37 bits per heavy atom. The van der Waals surface area contributed by atoms with Crippen molar-refractivity contribution in [3.63, 3.8) is 0 Å². The number of hydrogen-bond acceptors (Lipinski definition) is 3. The quantitative estimate of drug-likeness (QED) is 0.607. The lowest BCUT2D eigenvalue weighted by Gasteiger charge is -2.14. The van der Waals surface area contributed by atoms with Gasteiger partial charge in [-0.3, -0.25) is 19.3 Å². The predicted molar refractivity (Wildman–Crippen MR) is 76.7 cm³/mol. The summed E-state index contributed by atoms with van der Waals surface area (Å²) < 4.78 is 0. The maximum atomic E-state index is 11.8. The molecule has 0 aliphatic carbocycles. The Morgan fingerprint density at radius 1 is 1.37 bits per heavy atom. The summed E-state index contributed by atoms with van der Waals surface area (Å²) in [6.07, 6.45) is 1.16. The topological polar surface area (TPSA) is 66.5 Å². The van der Waals surface area contributed by atoms with Crippen molar-refractivity contribution >= 4 is 24.6 Å². The van der Waals surface area contributed by atoms with Gasteiger partial charge in [0.05, 0.1) is 0 Å². The van der Waals surface area contributed by atoms with Gasteiger partial charge < -0.3 is 5.23 Å². The number of rotatable bonds is 5. The molecule has 0 bridgehead atoms. The highest BCUT2D eigenvalue weighted by atomic mass is 16.2. The van der Waals surface area contributed by atoms with E-state index in [0.29, 0.717) is 12.8 Å². The highest BCUT2D eigenvalue weighted by Gasteiger charge is 2.37. The summed E-state index contributed by atoms with van der Waals surface area (Å²) in [4.78, 5) is 35.9. The van der Waals surface area contributed by atoms with E-state index in [0.717, 1.165) is 0 Å². The third kappa shape index (κ3) is 5.45. The zero-order valence-electron chi connectivity index (χ0n) is 12.7. The van der Waals surface area contributed by atoms with E-state index in [2.05, 4.69) is 5.23 Å². The largest absolute Gasteiger partial charge is 0.399 e. The van der Waals surface area contributed by atoms with Gasteiger partial charge >= 0.3 is 0 Å². The second-order valence-electron chi connectivity index (χ2n) is 4.67. The summed E-state index contributed by atoms with van der Waals surface area (Å²) in [6.45, 7) is 9.92. The average Bonchev–Trinajstić information content (AvgIpc) is 2.63. The van der Waals surface area contributed by atoms with Gasteiger partial charge in [0, 0.05) is 25.3 Å². The lowest BCUT2D eigenvalue weighted by atomic mass is 9.69. The van der Waals surface area contributed by atoms with E-state index >= 15 is 0 Å². The predicted octanol–water partition coefficient (Wildman–Crippen LogP) is 1.56. The number of carbonyl (C=O) groups excluding carboxylic acids is 3. The summed E-state index contributed by atoms with van der Waals surface area (Å²) in [5, 5.41) is 2.73. The molecular formula is C13H25BN2O3. The number of likely N-dealkylation sites (tertiary alicyclic amines) is 1. The summed E-state index contributed by atoms with van der Waals surface area (Å²) in [6, 6.07) is 0. The number of hydrogen-bond donors (Lipinski definition) is 1. The van der Waals surface area contributed by atoms with Gasteiger partial charge in [0.2, 0.25) is 24.6 Å². The SMILES string of the molecule is CC.CCC1CC(=O)N(CCC(=O)NB(C)C)C1=O. The maximum Gasteiger partial charge on any atom is 0.248 e. The van der Waals surface area contributed by atoms with Crippen LogP contribution < -0.4 is 5.23 Å². The van der Waals surface area contributed by atoms with E-state index in [-0.39, 0.29) is 43.5 Å². The molecule has 0 saturated carbocycles.